The molecule has 1 atom stereocenters. The number of nitrogens with zero attached hydrogens (tertiary/aromatic N) is 6. The normalized spacial score (nSPS) is 18.3. The van der Waals surface area contributed by atoms with E-state index in [0.29, 0.717) is 17.4 Å². The first-order chi connectivity index (χ1) is 14.1. The van der Waals surface area contributed by atoms with Crippen molar-refractivity contribution in [3.05, 3.63) is 64.8 Å². The first kappa shape index (κ1) is 17.5. The zero-order valence-corrected chi connectivity index (χ0v) is 16.3. The van der Waals surface area contributed by atoms with E-state index < -0.39 is 0 Å². The minimum absolute atomic E-state index is 0.116. The van der Waals surface area contributed by atoms with E-state index in [9.17, 15) is 5.26 Å². The molecule has 146 valence electrons. The molecular weight excluding hydrogens is 366 g/mol. The van der Waals surface area contributed by atoms with Crippen LogP contribution < -0.4 is 10.5 Å². The van der Waals surface area contributed by atoms with E-state index in [1.165, 1.54) is 12.8 Å². The highest BCUT2D eigenvalue weighted by atomic mass is 16.5. The smallest absolute Gasteiger partial charge is 0.224 e. The standard InChI is InChI=1S/C21H21N7O/c1-3-15-18-17(14(10-22)19(23)29-21(18)27(2)26-15)13-6-7-16(25-11-13)28-9-8-24-20(28)12-4-5-12/h6-9,11-12,17H,3-5,23H2,1-2H3. The van der Waals surface area contributed by atoms with Crippen molar-refractivity contribution in [3.8, 4) is 17.8 Å². The Kier molecular flexibility index (Phi) is 3.91. The average Bonchev–Trinajstić information content (AvgIpc) is 3.38. The third-order valence-electron chi connectivity index (χ3n) is 5.57. The molecule has 3 aromatic rings. The van der Waals surface area contributed by atoms with Crippen LogP contribution in [0.25, 0.3) is 5.82 Å². The molecule has 1 saturated carbocycles. The van der Waals surface area contributed by atoms with Gasteiger partial charge in [-0.2, -0.15) is 10.4 Å². The number of fused-ring (bicyclic) bond motifs is 1. The number of allylic oxidation sites excluding steroid dienone is 1. The number of pyridine rings is 1. The van der Waals surface area contributed by atoms with Crippen molar-refractivity contribution in [2.45, 2.75) is 38.0 Å². The number of rotatable bonds is 4. The molecule has 1 unspecified atom stereocenters. The van der Waals surface area contributed by atoms with Gasteiger partial charge in [-0.25, -0.2) is 14.6 Å². The van der Waals surface area contributed by atoms with Crippen molar-refractivity contribution in [3.63, 3.8) is 0 Å². The van der Waals surface area contributed by atoms with Gasteiger partial charge in [-0.05, 0) is 30.9 Å². The Hall–Kier alpha value is -3.60. The number of hydrogen-bond acceptors (Lipinski definition) is 6. The van der Waals surface area contributed by atoms with Crippen LogP contribution in [0.5, 0.6) is 5.88 Å². The minimum Gasteiger partial charge on any atom is -0.422 e. The molecule has 2 N–H and O–H groups in total. The molecule has 1 fully saturated rings. The number of ether oxygens (including phenoxy) is 1. The number of imidazole rings is 1. The van der Waals surface area contributed by atoms with Crippen LogP contribution in [0.2, 0.25) is 0 Å². The van der Waals surface area contributed by atoms with E-state index in [4.69, 9.17) is 10.5 Å². The van der Waals surface area contributed by atoms with Crippen LogP contribution in [0.1, 0.15) is 54.2 Å². The van der Waals surface area contributed by atoms with Gasteiger partial charge in [0.1, 0.15) is 23.3 Å². The first-order valence-electron chi connectivity index (χ1n) is 9.75. The summed E-state index contributed by atoms with van der Waals surface area (Å²) in [5.41, 5.74) is 9.12. The zero-order valence-electron chi connectivity index (χ0n) is 16.3. The van der Waals surface area contributed by atoms with Crippen LogP contribution in [-0.2, 0) is 13.5 Å². The Morgan fingerprint density at radius 1 is 1.31 bits per heavy atom. The maximum absolute atomic E-state index is 9.77. The second-order valence-corrected chi connectivity index (χ2v) is 7.45. The molecule has 8 heteroatoms. The minimum atomic E-state index is -0.348. The fraction of sp³-hybridized carbons (Fsp3) is 0.333. The number of hydrogen-bond donors (Lipinski definition) is 1. The summed E-state index contributed by atoms with van der Waals surface area (Å²) in [6.45, 7) is 2.03. The maximum Gasteiger partial charge on any atom is 0.224 e. The Balaban J connectivity index is 1.60. The SMILES string of the molecule is CCc1nn(C)c2c1C(c1ccc(-n3ccnc3C3CC3)nc1)C(C#N)=C(N)O2. The van der Waals surface area contributed by atoms with Gasteiger partial charge >= 0.3 is 0 Å². The van der Waals surface area contributed by atoms with Crippen molar-refractivity contribution in [2.75, 3.05) is 0 Å². The largest absolute Gasteiger partial charge is 0.422 e. The van der Waals surface area contributed by atoms with Gasteiger partial charge in [0.2, 0.25) is 11.8 Å². The summed E-state index contributed by atoms with van der Waals surface area (Å²) >= 11 is 0. The zero-order chi connectivity index (χ0) is 20.1. The fourth-order valence-electron chi connectivity index (χ4n) is 4.01. The van der Waals surface area contributed by atoms with Crippen molar-refractivity contribution < 1.29 is 4.74 Å². The Morgan fingerprint density at radius 3 is 2.79 bits per heavy atom. The molecule has 4 heterocycles. The molecule has 0 amide bonds. The molecule has 0 spiro atoms. The highest BCUT2D eigenvalue weighted by Crippen LogP contribution is 2.44. The summed E-state index contributed by atoms with van der Waals surface area (Å²) in [5, 5.41) is 14.3. The van der Waals surface area contributed by atoms with Gasteiger partial charge in [-0.3, -0.25) is 4.57 Å². The van der Waals surface area contributed by atoms with Gasteiger partial charge < -0.3 is 10.5 Å². The molecule has 0 radical (unpaired) electrons. The van der Waals surface area contributed by atoms with Crippen molar-refractivity contribution in [1.29, 1.82) is 5.26 Å². The lowest BCUT2D eigenvalue weighted by atomic mass is 9.84. The monoisotopic (exact) mass is 387 g/mol. The summed E-state index contributed by atoms with van der Waals surface area (Å²) in [4.78, 5) is 9.16. The molecule has 0 aromatic carbocycles. The Morgan fingerprint density at radius 2 is 2.14 bits per heavy atom. The molecule has 1 aliphatic carbocycles. The molecule has 29 heavy (non-hydrogen) atoms. The lowest BCUT2D eigenvalue weighted by Crippen LogP contribution is -2.22. The average molecular weight is 387 g/mol. The van der Waals surface area contributed by atoms with E-state index in [2.05, 4.69) is 21.1 Å². The summed E-state index contributed by atoms with van der Waals surface area (Å²) in [6, 6.07) is 6.19. The predicted octanol–water partition coefficient (Wildman–Crippen LogP) is 2.66. The fourth-order valence-corrected chi connectivity index (χ4v) is 4.01. The molecule has 2 aliphatic rings. The molecule has 5 rings (SSSR count). The maximum atomic E-state index is 9.77. The Labute approximate surface area is 168 Å². The van der Waals surface area contributed by atoms with Gasteiger partial charge in [-0.1, -0.05) is 13.0 Å². The van der Waals surface area contributed by atoms with Gasteiger partial charge in [-0.15, -0.1) is 0 Å². The molecule has 3 aromatic heterocycles. The number of nitriles is 1. The highest BCUT2D eigenvalue weighted by molar-refractivity contribution is 5.55. The molecule has 1 aliphatic heterocycles. The van der Waals surface area contributed by atoms with E-state index in [-0.39, 0.29) is 11.8 Å². The molecule has 8 nitrogen and oxygen atoms in total. The predicted molar refractivity (Wildman–Crippen MR) is 105 cm³/mol. The number of aromatic nitrogens is 5. The third-order valence-corrected chi connectivity index (χ3v) is 5.57. The summed E-state index contributed by atoms with van der Waals surface area (Å²) in [6.07, 6.45) is 8.65. The topological polar surface area (TPSA) is 108 Å². The number of nitrogens with two attached hydrogens (primary N) is 1. The van der Waals surface area contributed by atoms with E-state index in [0.717, 1.165) is 34.9 Å². The first-order valence-corrected chi connectivity index (χ1v) is 9.75. The van der Waals surface area contributed by atoms with Crippen molar-refractivity contribution in [2.24, 2.45) is 12.8 Å². The van der Waals surface area contributed by atoms with E-state index >= 15 is 0 Å². The van der Waals surface area contributed by atoms with Gasteiger partial charge in [0.25, 0.3) is 0 Å². The van der Waals surface area contributed by atoms with E-state index in [1.807, 2.05) is 49.3 Å². The van der Waals surface area contributed by atoms with Crippen LogP contribution >= 0.6 is 0 Å². The molecular formula is C21H21N7O. The lowest BCUT2D eigenvalue weighted by molar-refractivity contribution is 0.358. The Bertz CT molecular complexity index is 1160. The van der Waals surface area contributed by atoms with Gasteiger partial charge in [0.15, 0.2) is 0 Å². The third kappa shape index (κ3) is 2.70. The van der Waals surface area contributed by atoms with Crippen LogP contribution in [0, 0.1) is 11.3 Å². The lowest BCUT2D eigenvalue weighted by Gasteiger charge is -2.24. The van der Waals surface area contributed by atoms with Crippen molar-refractivity contribution >= 4 is 0 Å². The van der Waals surface area contributed by atoms with Crippen LogP contribution in [0.4, 0.5) is 0 Å². The van der Waals surface area contributed by atoms with Gasteiger partial charge in [0.05, 0.1) is 17.2 Å². The second-order valence-electron chi connectivity index (χ2n) is 7.45. The summed E-state index contributed by atoms with van der Waals surface area (Å²) in [5.74, 6) is 2.75. The van der Waals surface area contributed by atoms with Gasteiger partial charge in [0, 0.05) is 31.6 Å². The second kappa shape index (κ2) is 6.48. The number of aryl methyl sites for hydroxylation is 2. The van der Waals surface area contributed by atoms with Crippen LogP contribution in [-0.4, -0.2) is 24.3 Å². The summed E-state index contributed by atoms with van der Waals surface area (Å²) in [7, 11) is 1.82. The highest BCUT2D eigenvalue weighted by Gasteiger charge is 2.36. The molecule has 0 saturated heterocycles. The molecule has 0 bridgehead atoms. The van der Waals surface area contributed by atoms with Crippen LogP contribution in [0.3, 0.4) is 0 Å². The van der Waals surface area contributed by atoms with Crippen LogP contribution in [0.15, 0.2) is 42.2 Å². The quantitative estimate of drug-likeness (QED) is 0.737. The van der Waals surface area contributed by atoms with E-state index in [1.54, 1.807) is 4.68 Å². The van der Waals surface area contributed by atoms with Crippen molar-refractivity contribution in [1.82, 2.24) is 24.3 Å². The summed E-state index contributed by atoms with van der Waals surface area (Å²) < 4.78 is 9.45.